The van der Waals surface area contributed by atoms with Crippen molar-refractivity contribution in [3.8, 4) is 11.5 Å². The molecule has 0 saturated heterocycles. The standard InChI is InChI=1S/C26H42O2/c1-17(2)21-13-11-19(5)15-25(21)27-23-9-7-8-10-24(23)28-26-16-20(6)12-14-22(26)18(3)4/h7-10,17-22,25-26H,11-16H2,1-6H3. The molecule has 0 spiro atoms. The predicted octanol–water partition coefficient (Wildman–Crippen LogP) is 7.37. The third-order valence-electron chi connectivity index (χ3n) is 7.33. The van der Waals surface area contributed by atoms with E-state index in [0.29, 0.717) is 35.9 Å². The summed E-state index contributed by atoms with van der Waals surface area (Å²) in [6.07, 6.45) is 8.15. The third-order valence-corrected chi connectivity index (χ3v) is 7.33. The molecule has 2 fully saturated rings. The number of hydrogen-bond donors (Lipinski definition) is 0. The summed E-state index contributed by atoms with van der Waals surface area (Å²) in [5.41, 5.74) is 0. The van der Waals surface area contributed by atoms with Crippen LogP contribution < -0.4 is 9.47 Å². The van der Waals surface area contributed by atoms with E-state index in [9.17, 15) is 0 Å². The van der Waals surface area contributed by atoms with Crippen LogP contribution in [0.3, 0.4) is 0 Å². The van der Waals surface area contributed by atoms with Gasteiger partial charge in [-0.05, 0) is 73.3 Å². The van der Waals surface area contributed by atoms with E-state index in [0.717, 1.165) is 36.2 Å². The van der Waals surface area contributed by atoms with Crippen molar-refractivity contribution in [2.24, 2.45) is 35.5 Å². The second-order valence-corrected chi connectivity index (χ2v) is 10.4. The first-order valence-corrected chi connectivity index (χ1v) is 11.8. The third kappa shape index (κ3) is 5.24. The Bertz CT molecular complexity index is 555. The highest BCUT2D eigenvalue weighted by atomic mass is 16.5. The van der Waals surface area contributed by atoms with Gasteiger partial charge in [0.05, 0.1) is 0 Å². The molecule has 158 valence electrons. The van der Waals surface area contributed by atoms with E-state index in [4.69, 9.17) is 9.47 Å². The van der Waals surface area contributed by atoms with Crippen molar-refractivity contribution in [1.29, 1.82) is 0 Å². The molecule has 6 unspecified atom stereocenters. The summed E-state index contributed by atoms with van der Waals surface area (Å²) in [6, 6.07) is 8.40. The molecule has 0 aliphatic heterocycles. The van der Waals surface area contributed by atoms with Crippen molar-refractivity contribution in [3.05, 3.63) is 24.3 Å². The van der Waals surface area contributed by atoms with Crippen LogP contribution >= 0.6 is 0 Å². The smallest absolute Gasteiger partial charge is 0.161 e. The summed E-state index contributed by atoms with van der Waals surface area (Å²) >= 11 is 0. The van der Waals surface area contributed by atoms with Crippen LogP contribution in [0.4, 0.5) is 0 Å². The van der Waals surface area contributed by atoms with Gasteiger partial charge in [0.2, 0.25) is 0 Å². The minimum absolute atomic E-state index is 0.305. The highest BCUT2D eigenvalue weighted by Crippen LogP contribution is 2.41. The van der Waals surface area contributed by atoms with Gasteiger partial charge in [-0.3, -0.25) is 0 Å². The monoisotopic (exact) mass is 386 g/mol. The zero-order valence-electron chi connectivity index (χ0n) is 19.0. The Balaban J connectivity index is 1.76. The van der Waals surface area contributed by atoms with Crippen LogP contribution in [-0.2, 0) is 0 Å². The molecule has 2 aliphatic carbocycles. The van der Waals surface area contributed by atoms with Crippen molar-refractivity contribution in [2.45, 2.75) is 92.3 Å². The van der Waals surface area contributed by atoms with Crippen molar-refractivity contribution in [3.63, 3.8) is 0 Å². The quantitative estimate of drug-likeness (QED) is 0.508. The molecule has 1 aromatic carbocycles. The van der Waals surface area contributed by atoms with Gasteiger partial charge < -0.3 is 9.47 Å². The molecule has 2 aliphatic rings. The fourth-order valence-electron chi connectivity index (χ4n) is 5.47. The molecule has 0 amide bonds. The molecule has 2 heteroatoms. The Labute approximate surface area is 173 Å². The van der Waals surface area contributed by atoms with Crippen molar-refractivity contribution in [1.82, 2.24) is 0 Å². The molecule has 6 atom stereocenters. The molecule has 0 heterocycles. The molecule has 0 aromatic heterocycles. The average Bonchev–Trinajstić information content (AvgIpc) is 2.63. The van der Waals surface area contributed by atoms with E-state index in [2.05, 4.69) is 65.8 Å². The Hall–Kier alpha value is -1.18. The van der Waals surface area contributed by atoms with E-state index in [-0.39, 0.29) is 0 Å². The number of hydrogen-bond acceptors (Lipinski definition) is 2. The lowest BCUT2D eigenvalue weighted by Gasteiger charge is -2.39. The Morgan fingerprint density at radius 1 is 0.679 bits per heavy atom. The second-order valence-electron chi connectivity index (χ2n) is 10.4. The van der Waals surface area contributed by atoms with Gasteiger partial charge in [-0.2, -0.15) is 0 Å². The number of benzene rings is 1. The second kappa shape index (κ2) is 9.55. The zero-order valence-corrected chi connectivity index (χ0v) is 19.0. The molecular formula is C26H42O2. The summed E-state index contributed by atoms with van der Waals surface area (Å²) < 4.78 is 13.3. The molecule has 3 rings (SSSR count). The number of para-hydroxylation sites is 2. The highest BCUT2D eigenvalue weighted by Gasteiger charge is 2.35. The number of ether oxygens (including phenoxy) is 2. The van der Waals surface area contributed by atoms with Gasteiger partial charge in [-0.15, -0.1) is 0 Å². The van der Waals surface area contributed by atoms with Crippen LogP contribution in [0.5, 0.6) is 11.5 Å². The van der Waals surface area contributed by atoms with Gasteiger partial charge in [-0.1, -0.05) is 66.5 Å². The van der Waals surface area contributed by atoms with Crippen LogP contribution in [0.25, 0.3) is 0 Å². The van der Waals surface area contributed by atoms with E-state index in [1.165, 1.54) is 25.7 Å². The van der Waals surface area contributed by atoms with Crippen LogP contribution in [0.15, 0.2) is 24.3 Å². The lowest BCUT2D eigenvalue weighted by Crippen LogP contribution is -2.37. The van der Waals surface area contributed by atoms with Crippen LogP contribution in [0, 0.1) is 35.5 Å². The summed E-state index contributed by atoms with van der Waals surface area (Å²) in [4.78, 5) is 0. The fraction of sp³-hybridized carbons (Fsp3) is 0.769. The summed E-state index contributed by atoms with van der Waals surface area (Å²) in [5.74, 6) is 6.01. The van der Waals surface area contributed by atoms with Crippen molar-refractivity contribution < 1.29 is 9.47 Å². The first-order valence-electron chi connectivity index (χ1n) is 11.8. The van der Waals surface area contributed by atoms with E-state index < -0.39 is 0 Å². The van der Waals surface area contributed by atoms with Crippen LogP contribution in [0.2, 0.25) is 0 Å². The summed E-state index contributed by atoms with van der Waals surface area (Å²) in [5, 5.41) is 0. The Morgan fingerprint density at radius 3 is 1.43 bits per heavy atom. The minimum atomic E-state index is 0.305. The molecule has 2 nitrogen and oxygen atoms in total. The van der Waals surface area contributed by atoms with Gasteiger partial charge >= 0.3 is 0 Å². The average molecular weight is 387 g/mol. The molecule has 0 N–H and O–H groups in total. The van der Waals surface area contributed by atoms with Crippen molar-refractivity contribution >= 4 is 0 Å². The van der Waals surface area contributed by atoms with Crippen LogP contribution in [-0.4, -0.2) is 12.2 Å². The maximum atomic E-state index is 6.67. The highest BCUT2D eigenvalue weighted by molar-refractivity contribution is 5.40. The number of rotatable bonds is 6. The lowest BCUT2D eigenvalue weighted by molar-refractivity contribution is 0.0265. The molecule has 0 radical (unpaired) electrons. The van der Waals surface area contributed by atoms with E-state index in [1.54, 1.807) is 0 Å². The molecule has 1 aromatic rings. The summed E-state index contributed by atoms with van der Waals surface area (Å²) in [7, 11) is 0. The lowest BCUT2D eigenvalue weighted by atomic mass is 9.75. The summed E-state index contributed by atoms with van der Waals surface area (Å²) in [6.45, 7) is 14.1. The zero-order chi connectivity index (χ0) is 20.3. The van der Waals surface area contributed by atoms with E-state index in [1.807, 2.05) is 0 Å². The first kappa shape index (κ1) is 21.5. The Morgan fingerprint density at radius 2 is 1.07 bits per heavy atom. The SMILES string of the molecule is CC1CCC(C(C)C)C(Oc2ccccc2OC2CC(C)CCC2C(C)C)C1. The van der Waals surface area contributed by atoms with E-state index >= 15 is 0 Å². The molecular weight excluding hydrogens is 344 g/mol. The van der Waals surface area contributed by atoms with Crippen molar-refractivity contribution in [2.75, 3.05) is 0 Å². The molecule has 0 bridgehead atoms. The van der Waals surface area contributed by atoms with Gasteiger partial charge in [0.1, 0.15) is 12.2 Å². The maximum absolute atomic E-state index is 6.67. The van der Waals surface area contributed by atoms with Gasteiger partial charge in [0.25, 0.3) is 0 Å². The molecule has 2 saturated carbocycles. The first-order chi connectivity index (χ1) is 13.3. The fourth-order valence-corrected chi connectivity index (χ4v) is 5.47. The largest absolute Gasteiger partial charge is 0.486 e. The normalized spacial score (nSPS) is 33.9. The minimum Gasteiger partial charge on any atom is -0.486 e. The Kier molecular flexibility index (Phi) is 7.34. The maximum Gasteiger partial charge on any atom is 0.161 e. The van der Waals surface area contributed by atoms with Gasteiger partial charge in [0, 0.05) is 0 Å². The molecule has 28 heavy (non-hydrogen) atoms. The van der Waals surface area contributed by atoms with Crippen LogP contribution in [0.1, 0.15) is 80.1 Å². The topological polar surface area (TPSA) is 18.5 Å². The van der Waals surface area contributed by atoms with Gasteiger partial charge in [-0.25, -0.2) is 0 Å². The predicted molar refractivity (Wildman–Crippen MR) is 118 cm³/mol. The van der Waals surface area contributed by atoms with Gasteiger partial charge in [0.15, 0.2) is 11.5 Å².